The average Bonchev–Trinajstić information content (AvgIpc) is 3.27. The van der Waals surface area contributed by atoms with Crippen molar-refractivity contribution in [3.05, 3.63) is 82.5 Å². The normalized spacial score (nSPS) is 15.3. The second kappa shape index (κ2) is 7.44. The highest BCUT2D eigenvalue weighted by Crippen LogP contribution is 2.36. The maximum absolute atomic E-state index is 12.7. The van der Waals surface area contributed by atoms with Crippen LogP contribution in [0.4, 0.5) is 10.5 Å². The number of hydrogen-bond donors (Lipinski definition) is 1. The van der Waals surface area contributed by atoms with Crippen molar-refractivity contribution in [2.75, 3.05) is 4.90 Å². The molecule has 0 spiro atoms. The van der Waals surface area contributed by atoms with Gasteiger partial charge in [-0.2, -0.15) is 0 Å². The van der Waals surface area contributed by atoms with E-state index in [-0.39, 0.29) is 15.7 Å². The fourth-order valence-corrected chi connectivity index (χ4v) is 3.81. The third kappa shape index (κ3) is 3.60. The summed E-state index contributed by atoms with van der Waals surface area (Å²) in [5.74, 6) is -0.543. The van der Waals surface area contributed by atoms with Gasteiger partial charge in [-0.3, -0.25) is 9.59 Å². The van der Waals surface area contributed by atoms with Crippen molar-refractivity contribution >= 4 is 40.6 Å². The maximum Gasteiger partial charge on any atom is 0.335 e. The third-order valence-corrected chi connectivity index (χ3v) is 5.33. The van der Waals surface area contributed by atoms with E-state index in [1.165, 1.54) is 12.1 Å². The smallest absolute Gasteiger partial charge is 0.335 e. The van der Waals surface area contributed by atoms with Crippen molar-refractivity contribution in [1.82, 2.24) is 0 Å². The summed E-state index contributed by atoms with van der Waals surface area (Å²) in [6.45, 7) is 1.86. The summed E-state index contributed by atoms with van der Waals surface area (Å²) in [6, 6.07) is 16.9. The Hall–Kier alpha value is -3.58. The van der Waals surface area contributed by atoms with Crippen LogP contribution >= 0.6 is 11.8 Å². The summed E-state index contributed by atoms with van der Waals surface area (Å²) in [5.41, 5.74) is 2.19. The van der Waals surface area contributed by atoms with Crippen LogP contribution in [-0.4, -0.2) is 22.2 Å². The zero-order valence-corrected chi connectivity index (χ0v) is 16.1. The molecule has 2 heterocycles. The molecule has 1 N–H and O–H groups in total. The number of thioether (sulfide) groups is 1. The molecule has 1 aromatic heterocycles. The number of amides is 2. The molecule has 0 saturated carbocycles. The molecule has 1 aliphatic heterocycles. The molecule has 0 atom stereocenters. The highest BCUT2D eigenvalue weighted by molar-refractivity contribution is 8.19. The molecule has 1 saturated heterocycles. The molecular formula is C22H15NO5S. The predicted molar refractivity (Wildman–Crippen MR) is 111 cm³/mol. The first-order valence-corrected chi connectivity index (χ1v) is 9.53. The van der Waals surface area contributed by atoms with E-state index >= 15 is 0 Å². The van der Waals surface area contributed by atoms with Crippen LogP contribution in [0.15, 0.2) is 70.0 Å². The lowest BCUT2D eigenvalue weighted by Gasteiger charge is -2.11. The number of benzene rings is 2. The van der Waals surface area contributed by atoms with Crippen LogP contribution in [-0.2, 0) is 4.79 Å². The Morgan fingerprint density at radius 3 is 2.55 bits per heavy atom. The Kier molecular flexibility index (Phi) is 4.82. The summed E-state index contributed by atoms with van der Waals surface area (Å²) in [4.78, 5) is 37.6. The minimum atomic E-state index is -1.02. The summed E-state index contributed by atoms with van der Waals surface area (Å²) >= 11 is 0.847. The molecule has 0 unspecified atom stereocenters. The van der Waals surface area contributed by atoms with Crippen LogP contribution in [0.25, 0.3) is 17.4 Å². The molecule has 1 aliphatic rings. The van der Waals surface area contributed by atoms with Gasteiger partial charge in [-0.15, -0.1) is 0 Å². The van der Waals surface area contributed by atoms with Gasteiger partial charge in [-0.1, -0.05) is 24.3 Å². The number of carboxylic acid groups (broad SMARTS) is 1. The first-order chi connectivity index (χ1) is 13.9. The number of furan rings is 1. The second-order valence-electron chi connectivity index (χ2n) is 6.39. The molecule has 29 heavy (non-hydrogen) atoms. The van der Waals surface area contributed by atoms with Crippen LogP contribution in [0, 0.1) is 6.92 Å². The zero-order valence-electron chi connectivity index (χ0n) is 15.3. The molecule has 4 rings (SSSR count). The number of rotatable bonds is 4. The number of imide groups is 1. The van der Waals surface area contributed by atoms with Crippen LogP contribution in [0.2, 0.25) is 0 Å². The average molecular weight is 405 g/mol. The summed E-state index contributed by atoms with van der Waals surface area (Å²) < 4.78 is 5.81. The van der Waals surface area contributed by atoms with Gasteiger partial charge in [-0.05, 0) is 60.6 Å². The van der Waals surface area contributed by atoms with Crippen LogP contribution < -0.4 is 4.90 Å². The SMILES string of the molecule is Cc1ccc(C(=O)O)cc1-c1ccc(C=C2SC(=O)N(c3ccccc3)C2=O)o1. The Bertz CT molecular complexity index is 1160. The first kappa shape index (κ1) is 18.8. The van der Waals surface area contributed by atoms with Crippen molar-refractivity contribution < 1.29 is 23.9 Å². The lowest BCUT2D eigenvalue weighted by Crippen LogP contribution is -2.27. The van der Waals surface area contributed by atoms with Crippen LogP contribution in [0.1, 0.15) is 21.7 Å². The number of para-hydroxylation sites is 1. The number of carbonyl (C=O) groups is 3. The summed E-state index contributed by atoms with van der Waals surface area (Å²) in [7, 11) is 0. The molecule has 3 aromatic rings. The number of aryl methyl sites for hydroxylation is 1. The maximum atomic E-state index is 12.7. The van der Waals surface area contributed by atoms with E-state index < -0.39 is 11.9 Å². The zero-order chi connectivity index (χ0) is 20.5. The van der Waals surface area contributed by atoms with E-state index in [2.05, 4.69) is 0 Å². The highest BCUT2D eigenvalue weighted by atomic mass is 32.2. The molecule has 2 aromatic carbocycles. The van der Waals surface area contributed by atoms with E-state index in [0.717, 1.165) is 22.2 Å². The number of anilines is 1. The molecule has 7 heteroatoms. The van der Waals surface area contributed by atoms with Crippen LogP contribution in [0.5, 0.6) is 0 Å². The van der Waals surface area contributed by atoms with Crippen molar-refractivity contribution in [2.45, 2.75) is 6.92 Å². The van der Waals surface area contributed by atoms with Gasteiger partial charge in [0.15, 0.2) is 0 Å². The van der Waals surface area contributed by atoms with Gasteiger partial charge >= 0.3 is 5.97 Å². The molecule has 2 amide bonds. The van der Waals surface area contributed by atoms with Gasteiger partial charge in [-0.25, -0.2) is 9.69 Å². The fraction of sp³-hybridized carbons (Fsp3) is 0.0455. The third-order valence-electron chi connectivity index (χ3n) is 4.46. The molecular weight excluding hydrogens is 390 g/mol. The number of carboxylic acids is 1. The van der Waals surface area contributed by atoms with E-state index in [0.29, 0.717) is 22.8 Å². The number of carbonyl (C=O) groups excluding carboxylic acids is 2. The first-order valence-electron chi connectivity index (χ1n) is 8.71. The van der Waals surface area contributed by atoms with Crippen molar-refractivity contribution in [3.8, 4) is 11.3 Å². The summed E-state index contributed by atoms with van der Waals surface area (Å²) in [6.07, 6.45) is 1.52. The minimum Gasteiger partial charge on any atom is -0.478 e. The van der Waals surface area contributed by atoms with Gasteiger partial charge < -0.3 is 9.52 Å². The van der Waals surface area contributed by atoms with E-state index in [1.54, 1.807) is 48.5 Å². The Labute approximate surface area is 170 Å². The lowest BCUT2D eigenvalue weighted by molar-refractivity contribution is -0.113. The van der Waals surface area contributed by atoms with Gasteiger partial charge in [0.1, 0.15) is 11.5 Å². The van der Waals surface area contributed by atoms with E-state index in [9.17, 15) is 19.5 Å². The van der Waals surface area contributed by atoms with Crippen molar-refractivity contribution in [2.24, 2.45) is 0 Å². The van der Waals surface area contributed by atoms with Crippen LogP contribution in [0.3, 0.4) is 0 Å². The number of hydrogen-bond acceptors (Lipinski definition) is 5. The standard InChI is InChI=1S/C22H15NO5S/c1-13-7-8-14(21(25)26)11-17(13)18-10-9-16(28-18)12-19-20(24)23(22(27)29-19)15-5-3-2-4-6-15/h2-12H,1H3,(H,25,26). The molecule has 0 bridgehead atoms. The molecule has 0 aliphatic carbocycles. The quantitative estimate of drug-likeness (QED) is 0.601. The molecule has 0 radical (unpaired) electrons. The minimum absolute atomic E-state index is 0.160. The van der Waals surface area contributed by atoms with Gasteiger partial charge in [0.2, 0.25) is 0 Å². The largest absolute Gasteiger partial charge is 0.478 e. The number of aromatic carboxylic acids is 1. The molecule has 144 valence electrons. The Morgan fingerprint density at radius 2 is 1.83 bits per heavy atom. The van der Waals surface area contributed by atoms with Gasteiger partial charge in [0, 0.05) is 11.6 Å². The molecule has 6 nitrogen and oxygen atoms in total. The topological polar surface area (TPSA) is 87.8 Å². The predicted octanol–water partition coefficient (Wildman–Crippen LogP) is 5.19. The van der Waals surface area contributed by atoms with Gasteiger partial charge in [0.05, 0.1) is 16.2 Å². The van der Waals surface area contributed by atoms with Gasteiger partial charge in [0.25, 0.3) is 11.1 Å². The van der Waals surface area contributed by atoms with E-state index in [1.807, 2.05) is 13.0 Å². The Morgan fingerprint density at radius 1 is 1.07 bits per heavy atom. The number of nitrogens with zero attached hydrogens (tertiary/aromatic N) is 1. The highest BCUT2D eigenvalue weighted by Gasteiger charge is 2.36. The van der Waals surface area contributed by atoms with E-state index in [4.69, 9.17) is 4.42 Å². The summed E-state index contributed by atoms with van der Waals surface area (Å²) in [5, 5.41) is 8.83. The second-order valence-corrected chi connectivity index (χ2v) is 7.38. The van der Waals surface area contributed by atoms with Crippen molar-refractivity contribution in [1.29, 1.82) is 0 Å². The lowest BCUT2D eigenvalue weighted by atomic mass is 10.0. The van der Waals surface area contributed by atoms with Crippen molar-refractivity contribution in [3.63, 3.8) is 0 Å². The fourth-order valence-electron chi connectivity index (χ4n) is 2.99. The Balaban J connectivity index is 1.64. The molecule has 1 fully saturated rings. The monoisotopic (exact) mass is 405 g/mol.